The summed E-state index contributed by atoms with van der Waals surface area (Å²) in [7, 11) is 0. The number of rotatable bonds is 5. The van der Waals surface area contributed by atoms with Crippen molar-refractivity contribution in [3.63, 3.8) is 0 Å². The minimum absolute atomic E-state index is 0.836. The number of para-hydroxylation sites is 1. The Bertz CT molecular complexity index is 1310. The van der Waals surface area contributed by atoms with E-state index in [9.17, 15) is 0 Å². The Kier molecular flexibility index (Phi) is 5.73. The van der Waals surface area contributed by atoms with Crippen LogP contribution in [0, 0.1) is 0 Å². The summed E-state index contributed by atoms with van der Waals surface area (Å²) in [6, 6.07) is 20.8. The van der Waals surface area contributed by atoms with Crippen molar-refractivity contribution in [2.75, 3.05) is 13.1 Å². The molecule has 6 rings (SSSR count). The van der Waals surface area contributed by atoms with Gasteiger partial charge in [-0.1, -0.05) is 48.5 Å². The van der Waals surface area contributed by atoms with Crippen LogP contribution >= 0.6 is 0 Å². The molecule has 2 aliphatic rings. The summed E-state index contributed by atoms with van der Waals surface area (Å²) >= 11 is 0. The molecular formula is C28H28N6. The first-order valence-corrected chi connectivity index (χ1v) is 12.1. The van der Waals surface area contributed by atoms with E-state index in [2.05, 4.69) is 57.5 Å². The van der Waals surface area contributed by atoms with E-state index in [1.807, 2.05) is 35.1 Å². The molecule has 34 heavy (non-hydrogen) atoms. The Morgan fingerprint density at radius 3 is 2.50 bits per heavy atom. The van der Waals surface area contributed by atoms with Gasteiger partial charge < -0.3 is 0 Å². The van der Waals surface area contributed by atoms with E-state index >= 15 is 0 Å². The molecule has 0 radical (unpaired) electrons. The molecule has 170 valence electrons. The van der Waals surface area contributed by atoms with Gasteiger partial charge in [-0.25, -0.2) is 14.6 Å². The number of hydrogen-bond donors (Lipinski definition) is 0. The average Bonchev–Trinajstić information content (AvgIpc) is 3.33. The standard InChI is InChI=1S/C28H28N6/c1-3-9-21(10-4-1)27-23(20-34(32-27)24-11-5-2-6-12-24)19-33-16-14-25-22(18-33)17-30-28(31-25)26-13-7-8-15-29-26/h1-6,9-12,17,20H,7-8,13-16,18-19H2. The molecular weight excluding hydrogens is 420 g/mol. The molecule has 2 aromatic carbocycles. The van der Waals surface area contributed by atoms with Crippen LogP contribution in [0.5, 0.6) is 0 Å². The molecule has 6 heteroatoms. The Morgan fingerprint density at radius 1 is 0.882 bits per heavy atom. The van der Waals surface area contributed by atoms with Crippen LogP contribution in [-0.4, -0.2) is 43.4 Å². The van der Waals surface area contributed by atoms with Gasteiger partial charge in [-0.3, -0.25) is 9.89 Å². The predicted octanol–water partition coefficient (Wildman–Crippen LogP) is 4.86. The molecule has 0 aliphatic carbocycles. The molecule has 2 aromatic heterocycles. The van der Waals surface area contributed by atoms with Gasteiger partial charge in [-0.15, -0.1) is 0 Å². The van der Waals surface area contributed by atoms with Gasteiger partial charge >= 0.3 is 0 Å². The molecule has 0 saturated carbocycles. The number of aromatic nitrogens is 4. The van der Waals surface area contributed by atoms with Crippen LogP contribution in [0.4, 0.5) is 0 Å². The first-order valence-electron chi connectivity index (χ1n) is 12.1. The minimum atomic E-state index is 0.836. The van der Waals surface area contributed by atoms with Crippen molar-refractivity contribution in [1.82, 2.24) is 24.6 Å². The number of benzene rings is 2. The number of aliphatic imine (C=N–C) groups is 1. The van der Waals surface area contributed by atoms with Crippen LogP contribution in [0.3, 0.4) is 0 Å². The fourth-order valence-corrected chi connectivity index (χ4v) is 4.85. The summed E-state index contributed by atoms with van der Waals surface area (Å²) in [5.74, 6) is 0.836. The van der Waals surface area contributed by atoms with Crippen LogP contribution in [0.25, 0.3) is 16.9 Å². The first kappa shape index (κ1) is 20.9. The fraction of sp³-hybridized carbons (Fsp3) is 0.286. The van der Waals surface area contributed by atoms with Crippen molar-refractivity contribution in [1.29, 1.82) is 0 Å². The third-order valence-electron chi connectivity index (χ3n) is 6.65. The molecule has 4 heterocycles. The molecule has 4 aromatic rings. The highest BCUT2D eigenvalue weighted by Gasteiger charge is 2.22. The summed E-state index contributed by atoms with van der Waals surface area (Å²) in [5, 5.41) is 4.98. The van der Waals surface area contributed by atoms with E-state index in [1.165, 1.54) is 29.7 Å². The van der Waals surface area contributed by atoms with Gasteiger partial charge in [-0.2, -0.15) is 5.10 Å². The van der Waals surface area contributed by atoms with Gasteiger partial charge in [0, 0.05) is 61.7 Å². The maximum absolute atomic E-state index is 4.98. The number of fused-ring (bicyclic) bond motifs is 1. The molecule has 0 bridgehead atoms. The van der Waals surface area contributed by atoms with Crippen LogP contribution in [0.15, 0.2) is 78.0 Å². The number of nitrogens with zero attached hydrogens (tertiary/aromatic N) is 6. The highest BCUT2D eigenvalue weighted by atomic mass is 15.3. The van der Waals surface area contributed by atoms with Gasteiger partial charge in [0.1, 0.15) is 0 Å². The third kappa shape index (κ3) is 4.29. The molecule has 0 fully saturated rings. The smallest absolute Gasteiger partial charge is 0.173 e. The summed E-state index contributed by atoms with van der Waals surface area (Å²) < 4.78 is 2.00. The Morgan fingerprint density at radius 2 is 1.71 bits per heavy atom. The molecule has 0 N–H and O–H groups in total. The highest BCUT2D eigenvalue weighted by Crippen LogP contribution is 2.27. The van der Waals surface area contributed by atoms with Crippen LogP contribution < -0.4 is 0 Å². The molecule has 0 spiro atoms. The van der Waals surface area contributed by atoms with Gasteiger partial charge in [0.25, 0.3) is 0 Å². The predicted molar refractivity (Wildman–Crippen MR) is 134 cm³/mol. The van der Waals surface area contributed by atoms with Crippen LogP contribution in [0.1, 0.15) is 41.9 Å². The third-order valence-corrected chi connectivity index (χ3v) is 6.65. The second-order valence-corrected chi connectivity index (χ2v) is 9.06. The van der Waals surface area contributed by atoms with E-state index in [0.29, 0.717) is 0 Å². The van der Waals surface area contributed by atoms with E-state index in [0.717, 1.165) is 67.5 Å². The lowest BCUT2D eigenvalue weighted by atomic mass is 10.0. The zero-order valence-electron chi connectivity index (χ0n) is 19.3. The topological polar surface area (TPSA) is 59.2 Å². The zero-order chi connectivity index (χ0) is 22.7. The molecule has 0 amide bonds. The molecule has 2 aliphatic heterocycles. The summed E-state index contributed by atoms with van der Waals surface area (Å²) in [6.07, 6.45) is 8.49. The lowest BCUT2D eigenvalue weighted by Gasteiger charge is -2.28. The zero-order valence-corrected chi connectivity index (χ0v) is 19.3. The van der Waals surface area contributed by atoms with Crippen molar-refractivity contribution >= 4 is 5.71 Å². The van der Waals surface area contributed by atoms with Gasteiger partial charge in [0.2, 0.25) is 0 Å². The lowest BCUT2D eigenvalue weighted by Crippen LogP contribution is -2.31. The SMILES string of the molecule is c1ccc(-c2nn(-c3ccccc3)cc2CN2CCc3nc(C4=NCCCC4)ncc3C2)cc1. The lowest BCUT2D eigenvalue weighted by molar-refractivity contribution is 0.243. The van der Waals surface area contributed by atoms with Gasteiger partial charge in [-0.05, 0) is 31.4 Å². The van der Waals surface area contributed by atoms with E-state index in [-0.39, 0.29) is 0 Å². The Balaban J connectivity index is 1.26. The molecule has 0 unspecified atom stereocenters. The van der Waals surface area contributed by atoms with Crippen molar-refractivity contribution < 1.29 is 0 Å². The normalized spacial score (nSPS) is 16.2. The largest absolute Gasteiger partial charge is 0.294 e. The second-order valence-electron chi connectivity index (χ2n) is 9.06. The van der Waals surface area contributed by atoms with E-state index in [1.54, 1.807) is 0 Å². The van der Waals surface area contributed by atoms with Crippen molar-refractivity contribution in [3.05, 3.63) is 95.7 Å². The Labute approximate surface area is 200 Å². The van der Waals surface area contributed by atoms with Gasteiger partial charge in [0.05, 0.1) is 22.8 Å². The van der Waals surface area contributed by atoms with Crippen molar-refractivity contribution in [3.8, 4) is 16.9 Å². The first-order chi connectivity index (χ1) is 16.8. The minimum Gasteiger partial charge on any atom is -0.294 e. The maximum atomic E-state index is 4.98. The van der Waals surface area contributed by atoms with Gasteiger partial charge in [0.15, 0.2) is 5.82 Å². The molecule has 0 atom stereocenters. The second kappa shape index (κ2) is 9.31. The summed E-state index contributed by atoms with van der Waals surface area (Å²) in [6.45, 7) is 3.57. The maximum Gasteiger partial charge on any atom is 0.173 e. The van der Waals surface area contributed by atoms with Crippen LogP contribution in [-0.2, 0) is 19.5 Å². The quantitative estimate of drug-likeness (QED) is 0.437. The summed E-state index contributed by atoms with van der Waals surface area (Å²) in [5.41, 5.74) is 7.97. The number of hydrogen-bond acceptors (Lipinski definition) is 5. The monoisotopic (exact) mass is 448 g/mol. The molecule has 0 saturated heterocycles. The van der Waals surface area contributed by atoms with Crippen molar-refractivity contribution in [2.45, 2.75) is 38.8 Å². The van der Waals surface area contributed by atoms with Crippen LogP contribution in [0.2, 0.25) is 0 Å². The highest BCUT2D eigenvalue weighted by molar-refractivity contribution is 5.97. The molecule has 6 nitrogen and oxygen atoms in total. The fourth-order valence-electron chi connectivity index (χ4n) is 4.85. The average molecular weight is 449 g/mol. The van der Waals surface area contributed by atoms with E-state index < -0.39 is 0 Å². The van der Waals surface area contributed by atoms with E-state index in [4.69, 9.17) is 10.1 Å². The summed E-state index contributed by atoms with van der Waals surface area (Å²) in [4.78, 5) is 16.7. The Hall–Kier alpha value is -3.64. The van der Waals surface area contributed by atoms with Crippen molar-refractivity contribution in [2.24, 2.45) is 4.99 Å².